The van der Waals surface area contributed by atoms with Crippen molar-refractivity contribution in [3.05, 3.63) is 54.3 Å². The topological polar surface area (TPSA) is 54.7 Å². The van der Waals surface area contributed by atoms with E-state index in [-0.39, 0.29) is 5.82 Å². The van der Waals surface area contributed by atoms with Crippen molar-refractivity contribution in [1.29, 1.82) is 0 Å². The Morgan fingerprint density at radius 3 is 2.24 bits per heavy atom. The van der Waals surface area contributed by atoms with Crippen LogP contribution in [0.1, 0.15) is 0 Å². The molecule has 0 saturated carbocycles. The van der Waals surface area contributed by atoms with E-state index in [0.29, 0.717) is 5.82 Å². The fourth-order valence-electron chi connectivity index (χ4n) is 2.23. The van der Waals surface area contributed by atoms with Gasteiger partial charge in [-0.2, -0.15) is 5.10 Å². The molecule has 106 valence electrons. The van der Waals surface area contributed by atoms with Gasteiger partial charge in [0.2, 0.25) is 0 Å². The summed E-state index contributed by atoms with van der Waals surface area (Å²) >= 11 is 1.69. The molecule has 0 aliphatic carbocycles. The van der Waals surface area contributed by atoms with Crippen LogP contribution in [0.3, 0.4) is 0 Å². The number of hydrogen-bond donors (Lipinski definition) is 2. The summed E-state index contributed by atoms with van der Waals surface area (Å²) in [6.45, 7) is 0. The number of nitrogen functional groups attached to an aromatic ring is 1. The zero-order chi connectivity index (χ0) is 14.8. The number of nitrogens with zero attached hydrogens (tertiary/aromatic N) is 1. The van der Waals surface area contributed by atoms with Crippen molar-refractivity contribution in [1.82, 2.24) is 10.2 Å². The Morgan fingerprint density at radius 2 is 1.62 bits per heavy atom. The van der Waals surface area contributed by atoms with E-state index in [4.69, 9.17) is 5.73 Å². The smallest absolute Gasteiger partial charge is 0.153 e. The molecule has 3 N–H and O–H groups in total. The fourth-order valence-corrected chi connectivity index (χ4v) is 2.64. The number of aromatic nitrogens is 2. The highest BCUT2D eigenvalue weighted by Gasteiger charge is 2.14. The Bertz CT molecular complexity index is 748. The first-order valence-corrected chi connectivity index (χ1v) is 7.65. The Kier molecular flexibility index (Phi) is 3.66. The molecule has 3 rings (SSSR count). The zero-order valence-electron chi connectivity index (χ0n) is 11.4. The number of nitrogens with two attached hydrogens (primary N) is 1. The first-order chi connectivity index (χ1) is 10.2. The number of halogens is 1. The van der Waals surface area contributed by atoms with Crippen molar-refractivity contribution in [2.75, 3.05) is 12.0 Å². The van der Waals surface area contributed by atoms with Gasteiger partial charge >= 0.3 is 0 Å². The Morgan fingerprint density at radius 1 is 1.00 bits per heavy atom. The van der Waals surface area contributed by atoms with Gasteiger partial charge in [0.25, 0.3) is 0 Å². The molecule has 0 spiro atoms. The molecule has 0 unspecified atom stereocenters. The summed E-state index contributed by atoms with van der Waals surface area (Å²) in [6, 6.07) is 14.4. The van der Waals surface area contributed by atoms with E-state index in [2.05, 4.69) is 10.2 Å². The normalized spacial score (nSPS) is 10.8. The number of H-pyrrole nitrogens is 1. The van der Waals surface area contributed by atoms with E-state index in [9.17, 15) is 4.39 Å². The first-order valence-electron chi connectivity index (χ1n) is 6.43. The summed E-state index contributed by atoms with van der Waals surface area (Å²) in [5, 5.41) is 7.05. The highest BCUT2D eigenvalue weighted by molar-refractivity contribution is 7.98. The molecule has 5 heteroatoms. The Labute approximate surface area is 126 Å². The minimum Gasteiger partial charge on any atom is -0.382 e. The summed E-state index contributed by atoms with van der Waals surface area (Å²) in [5.74, 6) is 0.136. The minimum absolute atomic E-state index is 0.272. The average molecular weight is 299 g/mol. The third-order valence-electron chi connectivity index (χ3n) is 3.31. The van der Waals surface area contributed by atoms with Gasteiger partial charge in [-0.25, -0.2) is 4.39 Å². The summed E-state index contributed by atoms with van der Waals surface area (Å²) < 4.78 is 13.1. The SMILES string of the molecule is CSc1ccc(-c2[nH]nc(N)c2-c2ccc(F)cc2)cc1. The highest BCUT2D eigenvalue weighted by Crippen LogP contribution is 2.35. The molecule has 0 amide bonds. The number of hydrogen-bond acceptors (Lipinski definition) is 3. The van der Waals surface area contributed by atoms with Crippen LogP contribution in [0.15, 0.2) is 53.4 Å². The van der Waals surface area contributed by atoms with Gasteiger partial charge in [0.1, 0.15) is 5.82 Å². The van der Waals surface area contributed by atoms with Gasteiger partial charge in [0.05, 0.1) is 11.3 Å². The van der Waals surface area contributed by atoms with E-state index in [1.54, 1.807) is 23.9 Å². The van der Waals surface area contributed by atoms with Crippen molar-refractivity contribution in [2.45, 2.75) is 4.90 Å². The van der Waals surface area contributed by atoms with Gasteiger partial charge in [0, 0.05) is 10.5 Å². The number of rotatable bonds is 3. The molecule has 0 aliphatic rings. The van der Waals surface area contributed by atoms with Gasteiger partial charge in [-0.15, -0.1) is 11.8 Å². The summed E-state index contributed by atoms with van der Waals surface area (Å²) in [5.41, 5.74) is 9.44. The monoisotopic (exact) mass is 299 g/mol. The fraction of sp³-hybridized carbons (Fsp3) is 0.0625. The lowest BCUT2D eigenvalue weighted by molar-refractivity contribution is 0.628. The predicted octanol–water partition coefficient (Wildman–Crippen LogP) is 4.19. The van der Waals surface area contributed by atoms with Crippen LogP contribution in [-0.2, 0) is 0 Å². The van der Waals surface area contributed by atoms with E-state index < -0.39 is 0 Å². The molecule has 0 saturated heterocycles. The molecular weight excluding hydrogens is 285 g/mol. The molecule has 2 aromatic carbocycles. The number of aromatic amines is 1. The van der Waals surface area contributed by atoms with Crippen LogP contribution in [-0.4, -0.2) is 16.5 Å². The predicted molar refractivity (Wildman–Crippen MR) is 85.6 cm³/mol. The quantitative estimate of drug-likeness (QED) is 0.713. The van der Waals surface area contributed by atoms with Crippen LogP contribution in [0.5, 0.6) is 0 Å². The standard InChI is InChI=1S/C16H14FN3S/c1-21-13-8-4-11(5-9-13)15-14(16(18)20-19-15)10-2-6-12(17)7-3-10/h2-9H,1H3,(H3,18,19,20). The van der Waals surface area contributed by atoms with Gasteiger partial charge in [-0.1, -0.05) is 24.3 Å². The van der Waals surface area contributed by atoms with Crippen LogP contribution >= 0.6 is 11.8 Å². The molecule has 0 fully saturated rings. The molecular formula is C16H14FN3S. The summed E-state index contributed by atoms with van der Waals surface area (Å²) in [4.78, 5) is 1.19. The molecule has 0 atom stereocenters. The lowest BCUT2D eigenvalue weighted by Crippen LogP contribution is -1.89. The van der Waals surface area contributed by atoms with E-state index in [1.807, 2.05) is 30.5 Å². The lowest BCUT2D eigenvalue weighted by atomic mass is 10.0. The summed E-state index contributed by atoms with van der Waals surface area (Å²) in [7, 11) is 0. The second-order valence-electron chi connectivity index (χ2n) is 4.59. The second kappa shape index (κ2) is 5.61. The second-order valence-corrected chi connectivity index (χ2v) is 5.47. The van der Waals surface area contributed by atoms with E-state index in [1.165, 1.54) is 17.0 Å². The van der Waals surface area contributed by atoms with Crippen molar-refractivity contribution in [3.63, 3.8) is 0 Å². The van der Waals surface area contributed by atoms with Crippen LogP contribution in [0.2, 0.25) is 0 Å². The van der Waals surface area contributed by atoms with E-state index in [0.717, 1.165) is 22.4 Å². The first kappa shape index (κ1) is 13.7. The summed E-state index contributed by atoms with van der Waals surface area (Å²) in [6.07, 6.45) is 2.03. The Balaban J connectivity index is 2.09. The minimum atomic E-state index is -0.272. The maximum atomic E-state index is 13.1. The van der Waals surface area contributed by atoms with Gasteiger partial charge in [0.15, 0.2) is 5.82 Å². The molecule has 1 aromatic heterocycles. The van der Waals surface area contributed by atoms with Crippen LogP contribution in [0, 0.1) is 5.82 Å². The molecule has 3 nitrogen and oxygen atoms in total. The molecule has 0 radical (unpaired) electrons. The maximum Gasteiger partial charge on any atom is 0.153 e. The number of thioether (sulfide) groups is 1. The number of benzene rings is 2. The van der Waals surface area contributed by atoms with Crippen LogP contribution in [0.4, 0.5) is 10.2 Å². The van der Waals surface area contributed by atoms with Gasteiger partial charge < -0.3 is 5.73 Å². The van der Waals surface area contributed by atoms with Crippen molar-refractivity contribution >= 4 is 17.6 Å². The number of nitrogens with one attached hydrogen (secondary N) is 1. The third kappa shape index (κ3) is 2.64. The molecule has 0 bridgehead atoms. The van der Waals surface area contributed by atoms with Crippen molar-refractivity contribution < 1.29 is 4.39 Å². The zero-order valence-corrected chi connectivity index (χ0v) is 12.2. The van der Waals surface area contributed by atoms with Crippen LogP contribution in [0.25, 0.3) is 22.4 Å². The molecule has 0 aliphatic heterocycles. The van der Waals surface area contributed by atoms with Gasteiger partial charge in [-0.05, 0) is 36.1 Å². The van der Waals surface area contributed by atoms with Crippen LogP contribution < -0.4 is 5.73 Å². The lowest BCUT2D eigenvalue weighted by Gasteiger charge is -2.05. The highest BCUT2D eigenvalue weighted by atomic mass is 32.2. The largest absolute Gasteiger partial charge is 0.382 e. The molecule has 21 heavy (non-hydrogen) atoms. The average Bonchev–Trinajstić information content (AvgIpc) is 2.90. The van der Waals surface area contributed by atoms with Crippen molar-refractivity contribution in [2.24, 2.45) is 0 Å². The molecule has 1 heterocycles. The third-order valence-corrected chi connectivity index (χ3v) is 4.05. The van der Waals surface area contributed by atoms with Gasteiger partial charge in [-0.3, -0.25) is 5.10 Å². The van der Waals surface area contributed by atoms with E-state index >= 15 is 0 Å². The molecule has 3 aromatic rings. The Hall–Kier alpha value is -2.27. The maximum absolute atomic E-state index is 13.1. The van der Waals surface area contributed by atoms with Crippen molar-refractivity contribution in [3.8, 4) is 22.4 Å². The number of anilines is 1.